The lowest BCUT2D eigenvalue weighted by atomic mass is 9.91. The first-order valence-electron chi connectivity index (χ1n) is 16.6. The SMILES string of the molecule is c1ccc(-c2cccc3c(-c4ccccn4)nc4c(-c5ccc(-c6cc(-c7ccccn7)nc(-c7ccccn7)c6)cc5)cccc4c23)cc1. The second-order valence-electron chi connectivity index (χ2n) is 12.1. The molecule has 5 nitrogen and oxygen atoms in total. The fourth-order valence-corrected chi connectivity index (χ4v) is 6.70. The number of rotatable bonds is 6. The molecular weight excluding hydrogens is 611 g/mol. The van der Waals surface area contributed by atoms with E-state index >= 15 is 0 Å². The minimum Gasteiger partial charge on any atom is -0.255 e. The van der Waals surface area contributed by atoms with E-state index in [2.05, 4.69) is 113 Å². The number of pyridine rings is 5. The van der Waals surface area contributed by atoms with Crippen molar-refractivity contribution in [2.75, 3.05) is 0 Å². The third-order valence-electron chi connectivity index (χ3n) is 9.05. The summed E-state index contributed by atoms with van der Waals surface area (Å²) < 4.78 is 0. The summed E-state index contributed by atoms with van der Waals surface area (Å²) in [5.74, 6) is 0. The van der Waals surface area contributed by atoms with E-state index in [1.807, 2.05) is 60.8 Å². The largest absolute Gasteiger partial charge is 0.255 e. The molecule has 5 aromatic heterocycles. The summed E-state index contributed by atoms with van der Waals surface area (Å²) in [7, 11) is 0. The van der Waals surface area contributed by atoms with Crippen LogP contribution in [0.15, 0.2) is 176 Å². The summed E-state index contributed by atoms with van der Waals surface area (Å²) in [6, 6.07) is 54.2. The Kier molecular flexibility index (Phi) is 7.41. The lowest BCUT2D eigenvalue weighted by molar-refractivity contribution is 1.22. The first-order valence-corrected chi connectivity index (χ1v) is 16.6. The highest BCUT2D eigenvalue weighted by Crippen LogP contribution is 2.41. The highest BCUT2D eigenvalue weighted by molar-refractivity contribution is 6.19. The third kappa shape index (κ3) is 5.37. The van der Waals surface area contributed by atoms with Crippen LogP contribution in [0.25, 0.3) is 89.2 Å². The third-order valence-corrected chi connectivity index (χ3v) is 9.05. The first-order chi connectivity index (χ1) is 24.8. The van der Waals surface area contributed by atoms with Gasteiger partial charge in [-0.1, -0.05) is 109 Å². The van der Waals surface area contributed by atoms with Crippen molar-refractivity contribution >= 4 is 21.7 Å². The van der Waals surface area contributed by atoms with Crippen LogP contribution >= 0.6 is 0 Å². The number of hydrogen-bond donors (Lipinski definition) is 0. The van der Waals surface area contributed by atoms with Crippen molar-refractivity contribution in [2.24, 2.45) is 0 Å². The monoisotopic (exact) mass is 639 g/mol. The van der Waals surface area contributed by atoms with Crippen molar-refractivity contribution in [3.63, 3.8) is 0 Å². The zero-order valence-corrected chi connectivity index (χ0v) is 27.0. The average molecular weight is 640 g/mol. The normalized spacial score (nSPS) is 11.2. The lowest BCUT2D eigenvalue weighted by Gasteiger charge is -2.16. The minimum absolute atomic E-state index is 0.800. The van der Waals surface area contributed by atoms with Crippen molar-refractivity contribution in [1.82, 2.24) is 24.9 Å². The van der Waals surface area contributed by atoms with Gasteiger partial charge >= 0.3 is 0 Å². The first kappa shape index (κ1) is 29.3. The Morgan fingerprint density at radius 1 is 0.320 bits per heavy atom. The molecule has 0 unspecified atom stereocenters. The summed E-state index contributed by atoms with van der Waals surface area (Å²) in [6.07, 6.45) is 5.42. The molecule has 4 aromatic carbocycles. The summed E-state index contributed by atoms with van der Waals surface area (Å²) in [6.45, 7) is 0. The van der Waals surface area contributed by atoms with E-state index in [0.717, 1.165) is 72.7 Å². The summed E-state index contributed by atoms with van der Waals surface area (Å²) in [4.78, 5) is 24.2. The molecule has 0 atom stereocenters. The Balaban J connectivity index is 1.21. The molecule has 0 N–H and O–H groups in total. The Morgan fingerprint density at radius 2 is 0.860 bits per heavy atom. The maximum Gasteiger partial charge on any atom is 0.0972 e. The number of para-hydroxylation sites is 1. The average Bonchev–Trinajstić information content (AvgIpc) is 3.21. The van der Waals surface area contributed by atoms with E-state index < -0.39 is 0 Å². The van der Waals surface area contributed by atoms with Crippen LogP contribution in [0.4, 0.5) is 0 Å². The molecule has 0 fully saturated rings. The molecule has 0 aliphatic rings. The number of nitrogens with zero attached hydrogens (tertiary/aromatic N) is 5. The van der Waals surface area contributed by atoms with Gasteiger partial charge in [0.1, 0.15) is 0 Å². The number of hydrogen-bond acceptors (Lipinski definition) is 5. The standard InChI is InChI=1S/C45H29N5/c1-2-12-31(13-3-1)34-14-10-17-37-43(34)36-16-11-15-35(44(36)50-45(37)40-20-6-9-27-48-40)32-23-21-30(22-24-32)33-28-41(38-18-4-7-25-46-38)49-42(29-33)39-19-5-8-26-47-39/h1-29H. The Morgan fingerprint density at radius 3 is 1.48 bits per heavy atom. The van der Waals surface area contributed by atoms with E-state index in [0.29, 0.717) is 0 Å². The van der Waals surface area contributed by atoms with Gasteiger partial charge in [-0.25, -0.2) is 9.97 Å². The van der Waals surface area contributed by atoms with Gasteiger partial charge in [-0.05, 0) is 76.3 Å². The molecule has 9 rings (SSSR count). The zero-order chi connectivity index (χ0) is 33.3. The van der Waals surface area contributed by atoms with Crippen molar-refractivity contribution in [1.29, 1.82) is 0 Å². The van der Waals surface area contributed by atoms with Gasteiger partial charge in [0.25, 0.3) is 0 Å². The highest BCUT2D eigenvalue weighted by Gasteiger charge is 2.18. The van der Waals surface area contributed by atoms with E-state index in [-0.39, 0.29) is 0 Å². The fraction of sp³-hybridized carbons (Fsp3) is 0. The van der Waals surface area contributed by atoms with Crippen LogP contribution in [-0.4, -0.2) is 24.9 Å². The molecule has 0 saturated carbocycles. The molecular formula is C45H29N5. The molecule has 0 radical (unpaired) electrons. The number of aromatic nitrogens is 5. The summed E-state index contributed by atoms with van der Waals surface area (Å²) in [5, 5.41) is 3.36. The minimum atomic E-state index is 0.800. The highest BCUT2D eigenvalue weighted by atomic mass is 14.8. The molecule has 5 heterocycles. The van der Waals surface area contributed by atoms with Crippen LogP contribution in [0.3, 0.4) is 0 Å². The van der Waals surface area contributed by atoms with Gasteiger partial charge in [0.05, 0.1) is 39.7 Å². The predicted molar refractivity (Wildman–Crippen MR) is 203 cm³/mol. The Bertz CT molecular complexity index is 2550. The summed E-state index contributed by atoms with van der Waals surface area (Å²) >= 11 is 0. The van der Waals surface area contributed by atoms with Crippen molar-refractivity contribution in [3.8, 4) is 67.5 Å². The quantitative estimate of drug-likeness (QED) is 0.169. The van der Waals surface area contributed by atoms with Gasteiger partial charge in [-0.2, -0.15) is 0 Å². The molecule has 50 heavy (non-hydrogen) atoms. The Labute approximate surface area is 289 Å². The summed E-state index contributed by atoms with van der Waals surface area (Å²) in [5.41, 5.74) is 12.5. The molecule has 0 bridgehead atoms. The van der Waals surface area contributed by atoms with Crippen LogP contribution in [0.2, 0.25) is 0 Å². The van der Waals surface area contributed by atoms with Gasteiger partial charge in [0.2, 0.25) is 0 Å². The molecule has 0 amide bonds. The number of fused-ring (bicyclic) bond motifs is 3. The zero-order valence-electron chi connectivity index (χ0n) is 27.0. The van der Waals surface area contributed by atoms with Crippen LogP contribution in [0.5, 0.6) is 0 Å². The molecule has 0 aliphatic heterocycles. The van der Waals surface area contributed by atoms with E-state index in [1.165, 1.54) is 16.5 Å². The van der Waals surface area contributed by atoms with Crippen molar-refractivity contribution < 1.29 is 0 Å². The van der Waals surface area contributed by atoms with E-state index in [9.17, 15) is 0 Å². The molecule has 9 aromatic rings. The van der Waals surface area contributed by atoms with Gasteiger partial charge in [0, 0.05) is 40.3 Å². The van der Waals surface area contributed by atoms with Gasteiger partial charge in [-0.15, -0.1) is 0 Å². The second-order valence-corrected chi connectivity index (χ2v) is 12.1. The second kappa shape index (κ2) is 12.6. The maximum absolute atomic E-state index is 5.37. The van der Waals surface area contributed by atoms with Crippen LogP contribution in [0.1, 0.15) is 0 Å². The molecule has 0 spiro atoms. The van der Waals surface area contributed by atoms with Crippen LogP contribution in [-0.2, 0) is 0 Å². The topological polar surface area (TPSA) is 64.5 Å². The predicted octanol–water partition coefficient (Wildman–Crippen LogP) is 11.0. The smallest absolute Gasteiger partial charge is 0.0972 e. The van der Waals surface area contributed by atoms with E-state index in [4.69, 9.17) is 15.0 Å². The molecule has 0 aliphatic carbocycles. The lowest BCUT2D eigenvalue weighted by Crippen LogP contribution is -1.95. The van der Waals surface area contributed by atoms with Crippen molar-refractivity contribution in [3.05, 3.63) is 176 Å². The van der Waals surface area contributed by atoms with Crippen LogP contribution in [0, 0.1) is 0 Å². The Hall–Kier alpha value is -6.85. The molecule has 234 valence electrons. The molecule has 5 heteroatoms. The van der Waals surface area contributed by atoms with Gasteiger partial charge < -0.3 is 0 Å². The van der Waals surface area contributed by atoms with Crippen LogP contribution < -0.4 is 0 Å². The fourth-order valence-electron chi connectivity index (χ4n) is 6.70. The van der Waals surface area contributed by atoms with Gasteiger partial charge in [0.15, 0.2) is 0 Å². The molecule has 0 saturated heterocycles. The number of benzene rings is 4. The van der Waals surface area contributed by atoms with Gasteiger partial charge in [-0.3, -0.25) is 15.0 Å². The maximum atomic E-state index is 5.37. The van der Waals surface area contributed by atoms with E-state index in [1.54, 1.807) is 12.4 Å². The van der Waals surface area contributed by atoms with Crippen molar-refractivity contribution in [2.45, 2.75) is 0 Å².